The minimum atomic E-state index is -0.138. The van der Waals surface area contributed by atoms with Gasteiger partial charge in [0.1, 0.15) is 5.82 Å². The molecular weight excluding hydrogens is 263 g/mol. The van der Waals surface area contributed by atoms with Gasteiger partial charge >= 0.3 is 0 Å². The zero-order chi connectivity index (χ0) is 15.5. The highest BCUT2D eigenvalue weighted by atomic mass is 19.1. The van der Waals surface area contributed by atoms with Crippen molar-refractivity contribution in [2.24, 2.45) is 0 Å². The van der Waals surface area contributed by atoms with E-state index in [2.05, 4.69) is 31.0 Å². The van der Waals surface area contributed by atoms with E-state index in [1.807, 2.05) is 13.0 Å². The summed E-state index contributed by atoms with van der Waals surface area (Å²) in [5.41, 5.74) is 2.47. The first-order valence-corrected chi connectivity index (χ1v) is 8.09. The number of hydrogen-bond acceptors (Lipinski definition) is 2. The number of nitrogens with one attached hydrogen (secondary N) is 1. The van der Waals surface area contributed by atoms with Gasteiger partial charge in [0.15, 0.2) is 0 Å². The highest BCUT2D eigenvalue weighted by molar-refractivity contribution is 5.26. The Morgan fingerprint density at radius 1 is 1.29 bits per heavy atom. The monoisotopic (exact) mass is 292 g/mol. The third-order valence-corrected chi connectivity index (χ3v) is 4.30. The van der Waals surface area contributed by atoms with E-state index in [0.29, 0.717) is 6.04 Å². The molecule has 0 amide bonds. The lowest BCUT2D eigenvalue weighted by Crippen LogP contribution is -2.49. The van der Waals surface area contributed by atoms with E-state index in [0.717, 1.165) is 25.2 Å². The largest absolute Gasteiger partial charge is 0.311 e. The number of hydrogen-bond donors (Lipinski definition) is 1. The standard InChI is InChI=1S/C18H29FN2/c1-14-11-16(19)9-8-15(14)13-21-10-6-5-7-17(21)12-20-18(2,3)4/h8-9,11,17,20H,5-7,10,12-13H2,1-4H3. The summed E-state index contributed by atoms with van der Waals surface area (Å²) >= 11 is 0. The highest BCUT2D eigenvalue weighted by Gasteiger charge is 2.24. The number of likely N-dealkylation sites (tertiary alicyclic amines) is 1. The summed E-state index contributed by atoms with van der Waals surface area (Å²) in [6, 6.07) is 5.74. The first-order valence-electron chi connectivity index (χ1n) is 8.09. The Balaban J connectivity index is 2.01. The van der Waals surface area contributed by atoms with E-state index >= 15 is 0 Å². The number of benzene rings is 1. The molecule has 1 atom stereocenters. The van der Waals surface area contributed by atoms with E-state index in [-0.39, 0.29) is 11.4 Å². The lowest BCUT2D eigenvalue weighted by atomic mass is 9.98. The van der Waals surface area contributed by atoms with Gasteiger partial charge in [-0.25, -0.2) is 4.39 Å². The van der Waals surface area contributed by atoms with Gasteiger partial charge in [0.25, 0.3) is 0 Å². The van der Waals surface area contributed by atoms with Crippen LogP contribution in [0.15, 0.2) is 18.2 Å². The molecule has 21 heavy (non-hydrogen) atoms. The van der Waals surface area contributed by atoms with Crippen LogP contribution in [0, 0.1) is 12.7 Å². The molecule has 1 fully saturated rings. The summed E-state index contributed by atoms with van der Waals surface area (Å²) in [7, 11) is 0. The maximum atomic E-state index is 13.2. The van der Waals surface area contributed by atoms with E-state index in [9.17, 15) is 4.39 Å². The molecule has 0 aliphatic carbocycles. The molecule has 1 aliphatic heterocycles. The third-order valence-electron chi connectivity index (χ3n) is 4.30. The maximum Gasteiger partial charge on any atom is 0.123 e. The summed E-state index contributed by atoms with van der Waals surface area (Å²) in [5, 5.41) is 3.63. The molecule has 0 spiro atoms. The van der Waals surface area contributed by atoms with Gasteiger partial charge in [0, 0.05) is 24.7 Å². The molecule has 1 aromatic rings. The van der Waals surface area contributed by atoms with Crippen LogP contribution < -0.4 is 5.32 Å². The van der Waals surface area contributed by atoms with Gasteiger partial charge in [0.05, 0.1) is 0 Å². The number of halogens is 1. The second kappa shape index (κ2) is 6.89. The Kier molecular flexibility index (Phi) is 5.39. The summed E-state index contributed by atoms with van der Waals surface area (Å²) < 4.78 is 13.2. The Morgan fingerprint density at radius 2 is 2.05 bits per heavy atom. The topological polar surface area (TPSA) is 15.3 Å². The molecule has 118 valence electrons. The van der Waals surface area contributed by atoms with Crippen molar-refractivity contribution in [1.82, 2.24) is 10.2 Å². The van der Waals surface area contributed by atoms with Crippen LogP contribution in [0.25, 0.3) is 0 Å². The second-order valence-electron chi connectivity index (χ2n) is 7.32. The third kappa shape index (κ3) is 5.08. The van der Waals surface area contributed by atoms with Crippen molar-refractivity contribution in [3.8, 4) is 0 Å². The zero-order valence-electron chi connectivity index (χ0n) is 13.9. The first kappa shape index (κ1) is 16.4. The Morgan fingerprint density at radius 3 is 2.71 bits per heavy atom. The molecule has 2 nitrogen and oxygen atoms in total. The predicted octanol–water partition coefficient (Wildman–Crippen LogP) is 3.88. The minimum absolute atomic E-state index is 0.138. The molecule has 1 N–H and O–H groups in total. The SMILES string of the molecule is Cc1cc(F)ccc1CN1CCCCC1CNC(C)(C)C. The normalized spacial score (nSPS) is 20.7. The number of aryl methyl sites for hydroxylation is 1. The number of piperidine rings is 1. The Labute approximate surface area is 128 Å². The molecular formula is C18H29FN2. The Hall–Kier alpha value is -0.930. The number of rotatable bonds is 4. The minimum Gasteiger partial charge on any atom is -0.311 e. The highest BCUT2D eigenvalue weighted by Crippen LogP contribution is 2.21. The average Bonchev–Trinajstić information content (AvgIpc) is 2.40. The predicted molar refractivity (Wildman–Crippen MR) is 86.9 cm³/mol. The van der Waals surface area contributed by atoms with Gasteiger partial charge in [-0.3, -0.25) is 4.90 Å². The lowest BCUT2D eigenvalue weighted by molar-refractivity contribution is 0.131. The smallest absolute Gasteiger partial charge is 0.123 e. The summed E-state index contributed by atoms with van der Waals surface area (Å²) in [5.74, 6) is -0.138. The molecule has 0 bridgehead atoms. The Bertz CT molecular complexity index is 465. The number of nitrogens with zero attached hydrogens (tertiary/aromatic N) is 1. The molecule has 0 aromatic heterocycles. The van der Waals surface area contributed by atoms with E-state index < -0.39 is 0 Å². The van der Waals surface area contributed by atoms with Crippen LogP contribution in [0.4, 0.5) is 4.39 Å². The van der Waals surface area contributed by atoms with Crippen LogP contribution in [-0.2, 0) is 6.54 Å². The van der Waals surface area contributed by atoms with Gasteiger partial charge in [0.2, 0.25) is 0 Å². The molecule has 1 unspecified atom stereocenters. The molecule has 2 rings (SSSR count). The van der Waals surface area contributed by atoms with Gasteiger partial charge in [-0.05, 0) is 70.3 Å². The van der Waals surface area contributed by atoms with E-state index in [4.69, 9.17) is 0 Å². The van der Waals surface area contributed by atoms with Gasteiger partial charge in [-0.1, -0.05) is 12.5 Å². The van der Waals surface area contributed by atoms with Gasteiger partial charge < -0.3 is 5.32 Å². The van der Waals surface area contributed by atoms with Crippen molar-refractivity contribution >= 4 is 0 Å². The van der Waals surface area contributed by atoms with Crippen LogP contribution in [0.2, 0.25) is 0 Å². The van der Waals surface area contributed by atoms with Crippen molar-refractivity contribution in [3.05, 3.63) is 35.1 Å². The van der Waals surface area contributed by atoms with Crippen LogP contribution in [0.1, 0.15) is 51.2 Å². The van der Waals surface area contributed by atoms with Gasteiger partial charge in [-0.2, -0.15) is 0 Å². The summed E-state index contributed by atoms with van der Waals surface area (Å²) in [4.78, 5) is 2.56. The molecule has 1 aromatic carbocycles. The molecule has 1 heterocycles. The summed E-state index contributed by atoms with van der Waals surface area (Å²) in [6.45, 7) is 11.8. The molecule has 3 heteroatoms. The molecule has 0 radical (unpaired) electrons. The second-order valence-corrected chi connectivity index (χ2v) is 7.32. The average molecular weight is 292 g/mol. The van der Waals surface area contributed by atoms with Crippen LogP contribution in [0.5, 0.6) is 0 Å². The van der Waals surface area contributed by atoms with Crippen molar-refractivity contribution < 1.29 is 4.39 Å². The van der Waals surface area contributed by atoms with Crippen LogP contribution in [0.3, 0.4) is 0 Å². The van der Waals surface area contributed by atoms with Crippen molar-refractivity contribution in [3.63, 3.8) is 0 Å². The van der Waals surface area contributed by atoms with Crippen LogP contribution in [-0.4, -0.2) is 29.6 Å². The molecule has 1 aliphatic rings. The first-order chi connectivity index (χ1) is 9.85. The quantitative estimate of drug-likeness (QED) is 0.906. The maximum absolute atomic E-state index is 13.2. The van der Waals surface area contributed by atoms with Crippen molar-refractivity contribution in [2.75, 3.05) is 13.1 Å². The van der Waals surface area contributed by atoms with Crippen LogP contribution >= 0.6 is 0 Å². The van der Waals surface area contributed by atoms with E-state index in [1.54, 1.807) is 12.1 Å². The molecule has 0 saturated carbocycles. The zero-order valence-corrected chi connectivity index (χ0v) is 13.9. The van der Waals surface area contributed by atoms with Crippen molar-refractivity contribution in [1.29, 1.82) is 0 Å². The fraction of sp³-hybridized carbons (Fsp3) is 0.667. The van der Waals surface area contributed by atoms with E-state index in [1.165, 1.54) is 24.8 Å². The van der Waals surface area contributed by atoms with Gasteiger partial charge in [-0.15, -0.1) is 0 Å². The molecule has 1 saturated heterocycles. The fourth-order valence-corrected chi connectivity index (χ4v) is 2.98. The lowest BCUT2D eigenvalue weighted by Gasteiger charge is -2.38. The van der Waals surface area contributed by atoms with Crippen molar-refractivity contribution in [2.45, 2.75) is 65.1 Å². The fourth-order valence-electron chi connectivity index (χ4n) is 2.98. The summed E-state index contributed by atoms with van der Waals surface area (Å²) in [6.07, 6.45) is 3.84.